The van der Waals surface area contributed by atoms with Gasteiger partial charge in [-0.2, -0.15) is 0 Å². The monoisotopic (exact) mass is 383 g/mol. The van der Waals surface area contributed by atoms with Crippen molar-refractivity contribution in [2.24, 2.45) is 0 Å². The number of amides is 2. The number of piperidine rings is 1. The number of rotatable bonds is 6. The molecule has 2 amide bonds. The molecular weight excluding hydrogens is 358 g/mol. The number of fused-ring (bicyclic) bond motifs is 2. The third kappa shape index (κ3) is 4.20. The summed E-state index contributed by atoms with van der Waals surface area (Å²) in [6, 6.07) is 11.6. The van der Waals surface area contributed by atoms with Gasteiger partial charge >= 0.3 is 0 Å². The van der Waals surface area contributed by atoms with Crippen LogP contribution in [0.5, 0.6) is 5.75 Å². The van der Waals surface area contributed by atoms with Crippen LogP contribution in [0.25, 0.3) is 0 Å². The van der Waals surface area contributed by atoms with Crippen LogP contribution in [0.3, 0.4) is 0 Å². The second kappa shape index (κ2) is 8.06. The summed E-state index contributed by atoms with van der Waals surface area (Å²) in [6.45, 7) is -0.0225. The van der Waals surface area contributed by atoms with Gasteiger partial charge in [0.2, 0.25) is 0 Å². The van der Waals surface area contributed by atoms with Crippen LogP contribution in [-0.4, -0.2) is 48.5 Å². The van der Waals surface area contributed by atoms with E-state index in [0.29, 0.717) is 23.5 Å². The minimum absolute atomic E-state index is 0.0225. The number of nitrogens with zero attached hydrogens (tertiary/aromatic N) is 1. The van der Waals surface area contributed by atoms with Crippen molar-refractivity contribution in [1.82, 2.24) is 10.2 Å². The quantitative estimate of drug-likeness (QED) is 0.801. The van der Waals surface area contributed by atoms with E-state index in [2.05, 4.69) is 10.6 Å². The van der Waals surface area contributed by atoms with E-state index in [-0.39, 0.29) is 30.2 Å². The van der Waals surface area contributed by atoms with E-state index in [1.807, 2.05) is 11.9 Å². The van der Waals surface area contributed by atoms with Gasteiger partial charge in [0.1, 0.15) is 5.75 Å². The van der Waals surface area contributed by atoms with Crippen LogP contribution in [0.4, 0.5) is 5.69 Å². The number of carbonyl (C=O) groups is 2. The number of furan rings is 1. The normalized spacial score (nSPS) is 23.2. The topological polar surface area (TPSA) is 83.8 Å². The Balaban J connectivity index is 1.30. The molecule has 0 saturated carbocycles. The van der Waals surface area contributed by atoms with Crippen molar-refractivity contribution in [2.45, 2.75) is 43.8 Å². The Morgan fingerprint density at radius 1 is 1.21 bits per heavy atom. The third-order valence-electron chi connectivity index (χ3n) is 5.59. The molecule has 2 unspecified atom stereocenters. The molecule has 28 heavy (non-hydrogen) atoms. The number of anilines is 1. The molecule has 7 heteroatoms. The minimum Gasteiger partial charge on any atom is -0.484 e. The van der Waals surface area contributed by atoms with Crippen molar-refractivity contribution < 1.29 is 18.7 Å². The first-order chi connectivity index (χ1) is 13.6. The maximum atomic E-state index is 12.6. The number of likely N-dealkylation sites (N-methyl/N-ethyl adjacent to an activating group) is 1. The van der Waals surface area contributed by atoms with Gasteiger partial charge in [0.05, 0.1) is 6.26 Å². The first-order valence-corrected chi connectivity index (χ1v) is 9.68. The van der Waals surface area contributed by atoms with Gasteiger partial charge in [-0.3, -0.25) is 9.59 Å². The molecule has 0 aliphatic carbocycles. The fourth-order valence-corrected chi connectivity index (χ4v) is 4.06. The lowest BCUT2D eigenvalue weighted by Crippen LogP contribution is -2.49. The number of benzene rings is 1. The van der Waals surface area contributed by atoms with E-state index in [1.54, 1.807) is 36.4 Å². The molecule has 0 radical (unpaired) electrons. The summed E-state index contributed by atoms with van der Waals surface area (Å²) in [5, 5.41) is 6.34. The van der Waals surface area contributed by atoms with Gasteiger partial charge in [-0.1, -0.05) is 6.07 Å². The van der Waals surface area contributed by atoms with Gasteiger partial charge in [-0.15, -0.1) is 0 Å². The zero-order chi connectivity index (χ0) is 19.5. The Kier molecular flexibility index (Phi) is 5.34. The van der Waals surface area contributed by atoms with Crippen molar-refractivity contribution in [1.29, 1.82) is 0 Å². The zero-order valence-electron chi connectivity index (χ0n) is 15.9. The van der Waals surface area contributed by atoms with Crippen LogP contribution in [0, 0.1) is 0 Å². The number of nitrogens with one attached hydrogen (secondary N) is 2. The maximum absolute atomic E-state index is 12.6. The summed E-state index contributed by atoms with van der Waals surface area (Å²) in [4.78, 5) is 26.5. The van der Waals surface area contributed by atoms with Gasteiger partial charge in [0.15, 0.2) is 12.4 Å². The Labute approximate surface area is 164 Å². The van der Waals surface area contributed by atoms with Gasteiger partial charge in [-0.25, -0.2) is 0 Å². The van der Waals surface area contributed by atoms with Crippen LogP contribution in [0.2, 0.25) is 0 Å². The smallest absolute Gasteiger partial charge is 0.291 e. The summed E-state index contributed by atoms with van der Waals surface area (Å²) in [5.74, 6) is 0.401. The zero-order valence-corrected chi connectivity index (χ0v) is 15.9. The van der Waals surface area contributed by atoms with Crippen LogP contribution in [0.1, 0.15) is 36.2 Å². The summed E-state index contributed by atoms with van der Waals surface area (Å²) >= 11 is 0. The van der Waals surface area contributed by atoms with E-state index in [0.717, 1.165) is 12.8 Å². The van der Waals surface area contributed by atoms with Gasteiger partial charge in [-0.05, 0) is 49.9 Å². The molecule has 2 atom stereocenters. The molecule has 2 aromatic rings. The lowest BCUT2D eigenvalue weighted by molar-refractivity contribution is -0.134. The summed E-state index contributed by atoms with van der Waals surface area (Å²) < 4.78 is 10.8. The van der Waals surface area contributed by atoms with E-state index >= 15 is 0 Å². The summed E-state index contributed by atoms with van der Waals surface area (Å²) in [6.07, 6.45) is 5.87. The van der Waals surface area contributed by atoms with Crippen molar-refractivity contribution in [3.8, 4) is 5.75 Å². The number of ether oxygens (including phenoxy) is 1. The highest BCUT2D eigenvalue weighted by atomic mass is 16.5. The van der Waals surface area contributed by atoms with Crippen molar-refractivity contribution in [2.75, 3.05) is 19.0 Å². The van der Waals surface area contributed by atoms with E-state index in [4.69, 9.17) is 9.15 Å². The minimum atomic E-state index is -0.335. The summed E-state index contributed by atoms with van der Waals surface area (Å²) in [5.41, 5.74) is 0.578. The van der Waals surface area contributed by atoms with Crippen LogP contribution in [-0.2, 0) is 4.79 Å². The molecule has 2 fully saturated rings. The molecule has 2 aliphatic heterocycles. The average molecular weight is 383 g/mol. The highest BCUT2D eigenvalue weighted by Crippen LogP contribution is 2.29. The first kappa shape index (κ1) is 18.6. The molecule has 1 aromatic carbocycles. The second-order valence-corrected chi connectivity index (χ2v) is 7.52. The Morgan fingerprint density at radius 2 is 2.00 bits per heavy atom. The number of hydrogen-bond donors (Lipinski definition) is 2. The molecule has 3 heterocycles. The molecule has 148 valence electrons. The van der Waals surface area contributed by atoms with E-state index in [9.17, 15) is 9.59 Å². The number of hydrogen-bond acceptors (Lipinski definition) is 5. The predicted octanol–water partition coefficient (Wildman–Crippen LogP) is 2.65. The Bertz CT molecular complexity index is 824. The fraction of sp³-hybridized carbons (Fsp3) is 0.429. The molecular formula is C21H25N3O4. The van der Waals surface area contributed by atoms with Crippen molar-refractivity contribution >= 4 is 17.5 Å². The lowest BCUT2D eigenvalue weighted by atomic mass is 9.98. The molecule has 0 spiro atoms. The second-order valence-electron chi connectivity index (χ2n) is 7.52. The highest BCUT2D eigenvalue weighted by Gasteiger charge is 2.36. The highest BCUT2D eigenvalue weighted by molar-refractivity contribution is 6.02. The standard InChI is InChI=1S/C21H25N3O4/c1-24(17-10-15-7-8-16(11-17)22-15)20(25)13-28-18-5-2-4-14(12-18)23-21(26)19-6-3-9-27-19/h2-6,9,12,15-17,22H,7-8,10-11,13H2,1H3,(H,23,26). The van der Waals surface area contributed by atoms with Gasteiger partial charge < -0.3 is 24.7 Å². The van der Waals surface area contributed by atoms with Crippen LogP contribution in [0.15, 0.2) is 47.1 Å². The van der Waals surface area contributed by atoms with Crippen LogP contribution < -0.4 is 15.4 Å². The largest absolute Gasteiger partial charge is 0.484 e. The molecule has 1 aromatic heterocycles. The lowest BCUT2D eigenvalue weighted by Gasteiger charge is -2.35. The van der Waals surface area contributed by atoms with Crippen molar-refractivity contribution in [3.05, 3.63) is 48.4 Å². The first-order valence-electron chi connectivity index (χ1n) is 9.68. The molecule has 2 saturated heterocycles. The van der Waals surface area contributed by atoms with E-state index in [1.165, 1.54) is 19.1 Å². The predicted molar refractivity (Wildman–Crippen MR) is 104 cm³/mol. The Morgan fingerprint density at radius 3 is 2.71 bits per heavy atom. The molecule has 2 aliphatic rings. The van der Waals surface area contributed by atoms with Gasteiger partial charge in [0.25, 0.3) is 11.8 Å². The van der Waals surface area contributed by atoms with E-state index < -0.39 is 0 Å². The Hall–Kier alpha value is -2.80. The van der Waals surface area contributed by atoms with Gasteiger partial charge in [0, 0.05) is 36.9 Å². The third-order valence-corrected chi connectivity index (χ3v) is 5.59. The van der Waals surface area contributed by atoms with Crippen molar-refractivity contribution in [3.63, 3.8) is 0 Å². The fourth-order valence-electron chi connectivity index (χ4n) is 4.06. The average Bonchev–Trinajstić information content (AvgIpc) is 3.35. The molecule has 2 bridgehead atoms. The maximum Gasteiger partial charge on any atom is 0.291 e. The SMILES string of the molecule is CN(C(=O)COc1cccc(NC(=O)c2ccco2)c1)C1CC2CCC(C1)N2. The molecule has 4 rings (SSSR count). The molecule has 2 N–H and O–H groups in total. The van der Waals surface area contributed by atoms with Crippen LogP contribution >= 0.6 is 0 Å². The number of carbonyl (C=O) groups excluding carboxylic acids is 2. The molecule has 7 nitrogen and oxygen atoms in total. The summed E-state index contributed by atoms with van der Waals surface area (Å²) in [7, 11) is 1.86.